The van der Waals surface area contributed by atoms with Crippen molar-refractivity contribution in [2.45, 2.75) is 38.8 Å². The minimum Gasteiger partial charge on any atom is -0.444 e. The lowest BCUT2D eigenvalue weighted by atomic mass is 10.1. The first-order valence-electron chi connectivity index (χ1n) is 8.40. The molecule has 1 aliphatic rings. The van der Waals surface area contributed by atoms with Crippen LogP contribution in [-0.2, 0) is 4.74 Å². The van der Waals surface area contributed by atoms with Gasteiger partial charge in [-0.3, -0.25) is 0 Å². The first kappa shape index (κ1) is 17.0. The van der Waals surface area contributed by atoms with E-state index in [9.17, 15) is 10.1 Å². The van der Waals surface area contributed by atoms with Gasteiger partial charge in [0.25, 0.3) is 0 Å². The predicted octanol–water partition coefficient (Wildman–Crippen LogP) is 3.21. The van der Waals surface area contributed by atoms with Gasteiger partial charge in [-0.05, 0) is 39.3 Å². The van der Waals surface area contributed by atoms with Crippen LogP contribution >= 0.6 is 0 Å². The second-order valence-corrected chi connectivity index (χ2v) is 7.24. The molecular weight excluding hydrogens is 316 g/mol. The van der Waals surface area contributed by atoms with Crippen molar-refractivity contribution >= 4 is 22.8 Å². The third-order valence-corrected chi connectivity index (χ3v) is 4.03. The molecule has 2 heterocycles. The molecule has 1 atom stereocenters. The van der Waals surface area contributed by atoms with E-state index in [4.69, 9.17) is 4.74 Å². The molecule has 1 N–H and O–H groups in total. The average molecular weight is 338 g/mol. The maximum atomic E-state index is 11.9. The van der Waals surface area contributed by atoms with Crippen LogP contribution in [0, 0.1) is 11.3 Å². The molecule has 2 aromatic rings. The summed E-state index contributed by atoms with van der Waals surface area (Å²) in [5.74, 6) is 0.676. The van der Waals surface area contributed by atoms with E-state index >= 15 is 0 Å². The zero-order valence-electron chi connectivity index (χ0n) is 14.7. The minimum absolute atomic E-state index is 0.0188. The quantitative estimate of drug-likeness (QED) is 0.910. The smallest absolute Gasteiger partial charge is 0.407 e. The number of nitrogens with one attached hydrogen (secondary N) is 1. The maximum absolute atomic E-state index is 11.9. The number of ether oxygens (including phenoxy) is 1. The van der Waals surface area contributed by atoms with Crippen LogP contribution in [-0.4, -0.2) is 35.8 Å². The van der Waals surface area contributed by atoms with Gasteiger partial charge in [0.1, 0.15) is 17.5 Å². The molecule has 0 unspecified atom stereocenters. The SMILES string of the molecule is CC(C)(C)OC(=O)N[C@H]1CCN(c2nc3ccccc3cc2C#N)C1. The summed E-state index contributed by atoms with van der Waals surface area (Å²) in [6, 6.07) is 11.8. The molecule has 1 aromatic heterocycles. The number of anilines is 1. The number of aromatic nitrogens is 1. The van der Waals surface area contributed by atoms with Crippen LogP contribution in [0.2, 0.25) is 0 Å². The van der Waals surface area contributed by atoms with E-state index in [1.54, 1.807) is 0 Å². The normalized spacial score (nSPS) is 17.4. The Kier molecular flexibility index (Phi) is 4.49. The first-order chi connectivity index (χ1) is 11.9. The average Bonchev–Trinajstić information content (AvgIpc) is 2.99. The molecule has 0 spiro atoms. The van der Waals surface area contributed by atoms with Crippen molar-refractivity contribution in [2.24, 2.45) is 0 Å². The molecule has 1 saturated heterocycles. The fraction of sp³-hybridized carbons (Fsp3) is 0.421. The second kappa shape index (κ2) is 6.60. The zero-order chi connectivity index (χ0) is 18.0. The highest BCUT2D eigenvalue weighted by molar-refractivity contribution is 5.83. The molecule has 130 valence electrons. The van der Waals surface area contributed by atoms with E-state index in [0.717, 1.165) is 23.9 Å². The van der Waals surface area contributed by atoms with E-state index in [1.165, 1.54) is 0 Å². The molecular formula is C19H22N4O2. The lowest BCUT2D eigenvalue weighted by molar-refractivity contribution is 0.0509. The van der Waals surface area contributed by atoms with Crippen molar-refractivity contribution in [1.82, 2.24) is 10.3 Å². The number of hydrogen-bond acceptors (Lipinski definition) is 5. The number of benzene rings is 1. The van der Waals surface area contributed by atoms with Crippen LogP contribution in [0.15, 0.2) is 30.3 Å². The molecule has 6 heteroatoms. The predicted molar refractivity (Wildman–Crippen MR) is 96.4 cm³/mol. The fourth-order valence-electron chi connectivity index (χ4n) is 2.97. The van der Waals surface area contributed by atoms with Crippen molar-refractivity contribution in [3.05, 3.63) is 35.9 Å². The van der Waals surface area contributed by atoms with Crippen LogP contribution in [0.4, 0.5) is 10.6 Å². The zero-order valence-corrected chi connectivity index (χ0v) is 14.7. The van der Waals surface area contributed by atoms with Gasteiger partial charge >= 0.3 is 6.09 Å². The number of hydrogen-bond donors (Lipinski definition) is 1. The number of carbonyl (C=O) groups is 1. The summed E-state index contributed by atoms with van der Waals surface area (Å²) in [7, 11) is 0. The van der Waals surface area contributed by atoms with Crippen molar-refractivity contribution in [1.29, 1.82) is 5.26 Å². The minimum atomic E-state index is -0.518. The number of alkyl carbamates (subject to hydrolysis) is 1. The number of rotatable bonds is 2. The van der Waals surface area contributed by atoms with E-state index in [2.05, 4.69) is 16.4 Å². The van der Waals surface area contributed by atoms with Crippen LogP contribution in [0.25, 0.3) is 10.9 Å². The van der Waals surface area contributed by atoms with Crippen molar-refractivity contribution < 1.29 is 9.53 Å². The van der Waals surface area contributed by atoms with E-state index < -0.39 is 11.7 Å². The highest BCUT2D eigenvalue weighted by Crippen LogP contribution is 2.26. The Hall–Kier alpha value is -2.81. The Bertz CT molecular complexity index is 835. The highest BCUT2D eigenvalue weighted by Gasteiger charge is 2.28. The van der Waals surface area contributed by atoms with Crippen LogP contribution in [0.5, 0.6) is 0 Å². The molecule has 6 nitrogen and oxygen atoms in total. The summed E-state index contributed by atoms with van der Waals surface area (Å²) < 4.78 is 5.31. The number of para-hydroxylation sites is 1. The van der Waals surface area contributed by atoms with Crippen LogP contribution in [0.1, 0.15) is 32.8 Å². The van der Waals surface area contributed by atoms with Gasteiger partial charge in [0.05, 0.1) is 17.1 Å². The van der Waals surface area contributed by atoms with Gasteiger partial charge in [-0.1, -0.05) is 18.2 Å². The van der Waals surface area contributed by atoms with Gasteiger partial charge in [-0.2, -0.15) is 5.26 Å². The van der Waals surface area contributed by atoms with E-state index in [0.29, 0.717) is 17.9 Å². The van der Waals surface area contributed by atoms with Crippen LogP contribution < -0.4 is 10.2 Å². The summed E-state index contributed by atoms with van der Waals surface area (Å²) in [5.41, 5.74) is 0.896. The van der Waals surface area contributed by atoms with Crippen LogP contribution in [0.3, 0.4) is 0 Å². The van der Waals surface area contributed by atoms with Gasteiger partial charge in [-0.15, -0.1) is 0 Å². The Balaban J connectivity index is 1.75. The number of carbonyl (C=O) groups excluding carboxylic acids is 1. The van der Waals surface area contributed by atoms with Gasteiger partial charge in [0.2, 0.25) is 0 Å². The summed E-state index contributed by atoms with van der Waals surface area (Å²) >= 11 is 0. The summed E-state index contributed by atoms with van der Waals surface area (Å²) in [6.45, 7) is 6.86. The highest BCUT2D eigenvalue weighted by atomic mass is 16.6. The number of pyridine rings is 1. The van der Waals surface area contributed by atoms with Gasteiger partial charge in [0.15, 0.2) is 0 Å². The monoisotopic (exact) mass is 338 g/mol. The molecule has 0 aliphatic carbocycles. The Morgan fingerprint density at radius 3 is 2.88 bits per heavy atom. The lowest BCUT2D eigenvalue weighted by Crippen LogP contribution is -2.40. The maximum Gasteiger partial charge on any atom is 0.407 e. The second-order valence-electron chi connectivity index (χ2n) is 7.24. The topological polar surface area (TPSA) is 78.2 Å². The lowest BCUT2D eigenvalue weighted by Gasteiger charge is -2.22. The third kappa shape index (κ3) is 4.00. The molecule has 25 heavy (non-hydrogen) atoms. The van der Waals surface area contributed by atoms with E-state index in [1.807, 2.05) is 56.0 Å². The van der Waals surface area contributed by atoms with Crippen molar-refractivity contribution in [3.8, 4) is 6.07 Å². The van der Waals surface area contributed by atoms with Gasteiger partial charge in [0, 0.05) is 18.5 Å². The number of amides is 1. The Morgan fingerprint density at radius 1 is 1.40 bits per heavy atom. The summed E-state index contributed by atoms with van der Waals surface area (Å²) in [5, 5.41) is 13.3. The molecule has 1 amide bonds. The van der Waals surface area contributed by atoms with Gasteiger partial charge < -0.3 is 15.0 Å². The number of nitrogens with zero attached hydrogens (tertiary/aromatic N) is 3. The number of fused-ring (bicyclic) bond motifs is 1. The molecule has 3 rings (SSSR count). The van der Waals surface area contributed by atoms with Crippen molar-refractivity contribution in [3.63, 3.8) is 0 Å². The molecule has 0 bridgehead atoms. The molecule has 1 aromatic carbocycles. The first-order valence-corrected chi connectivity index (χ1v) is 8.40. The van der Waals surface area contributed by atoms with Crippen molar-refractivity contribution in [2.75, 3.05) is 18.0 Å². The third-order valence-electron chi connectivity index (χ3n) is 4.03. The molecule has 1 fully saturated rings. The standard InChI is InChI=1S/C19H22N4O2/c1-19(2,3)25-18(24)21-15-8-9-23(12-15)17-14(11-20)10-13-6-4-5-7-16(13)22-17/h4-7,10,15H,8-9,12H2,1-3H3,(H,21,24)/t15-/m0/s1. The molecule has 0 radical (unpaired) electrons. The Labute approximate surface area is 147 Å². The molecule has 1 aliphatic heterocycles. The molecule has 0 saturated carbocycles. The fourth-order valence-corrected chi connectivity index (χ4v) is 2.97. The van der Waals surface area contributed by atoms with Gasteiger partial charge in [-0.25, -0.2) is 9.78 Å². The van der Waals surface area contributed by atoms with E-state index in [-0.39, 0.29) is 6.04 Å². The number of nitriles is 1. The summed E-state index contributed by atoms with van der Waals surface area (Å²) in [6.07, 6.45) is 0.379. The largest absolute Gasteiger partial charge is 0.444 e. The Morgan fingerprint density at radius 2 is 2.16 bits per heavy atom. The summed E-state index contributed by atoms with van der Waals surface area (Å²) in [4.78, 5) is 18.6.